The van der Waals surface area contributed by atoms with E-state index in [-0.39, 0.29) is 18.1 Å². The van der Waals surface area contributed by atoms with Gasteiger partial charge in [0, 0.05) is 15.7 Å². The molecule has 0 aliphatic carbocycles. The molecule has 0 radical (unpaired) electrons. The van der Waals surface area contributed by atoms with Crippen LogP contribution in [0.2, 0.25) is 10.0 Å². The largest absolute Gasteiger partial charge is 0.307 e. The molecular weight excluding hydrogens is 300 g/mol. The van der Waals surface area contributed by atoms with Crippen LogP contribution >= 0.6 is 23.2 Å². The molecule has 1 aliphatic rings. The number of anilines is 1. The normalized spacial score (nSPS) is 13.8. The fourth-order valence-corrected chi connectivity index (χ4v) is 2.81. The van der Waals surface area contributed by atoms with E-state index in [2.05, 4.69) is 0 Å². The summed E-state index contributed by atoms with van der Waals surface area (Å²) in [6, 6.07) is 9.54. The number of rotatable bonds is 2. The Hall–Kier alpha value is -1.58. The van der Waals surface area contributed by atoms with E-state index in [1.165, 1.54) is 12.1 Å². The van der Waals surface area contributed by atoms with Gasteiger partial charge in [-0.25, -0.2) is 4.39 Å². The van der Waals surface area contributed by atoms with Gasteiger partial charge in [0.25, 0.3) is 0 Å². The van der Waals surface area contributed by atoms with Crippen LogP contribution in [0.5, 0.6) is 0 Å². The molecule has 2 aromatic rings. The topological polar surface area (TPSA) is 20.3 Å². The van der Waals surface area contributed by atoms with Crippen molar-refractivity contribution in [2.75, 3.05) is 4.90 Å². The van der Waals surface area contributed by atoms with Gasteiger partial charge in [-0.3, -0.25) is 4.79 Å². The highest BCUT2D eigenvalue weighted by Crippen LogP contribution is 2.32. The number of halogens is 3. The molecule has 0 aromatic heterocycles. The van der Waals surface area contributed by atoms with Gasteiger partial charge in [-0.2, -0.15) is 0 Å². The van der Waals surface area contributed by atoms with Crippen LogP contribution in [-0.2, 0) is 17.8 Å². The molecule has 5 heteroatoms. The highest BCUT2D eigenvalue weighted by Gasteiger charge is 2.27. The van der Waals surface area contributed by atoms with Gasteiger partial charge in [-0.15, -0.1) is 0 Å². The highest BCUT2D eigenvalue weighted by molar-refractivity contribution is 6.35. The van der Waals surface area contributed by atoms with Gasteiger partial charge in [0.05, 0.1) is 13.0 Å². The smallest absolute Gasteiger partial charge is 0.231 e. The van der Waals surface area contributed by atoms with Crippen molar-refractivity contribution in [3.05, 3.63) is 63.4 Å². The summed E-state index contributed by atoms with van der Waals surface area (Å²) in [6.45, 7) is 0.355. The first-order valence-corrected chi connectivity index (χ1v) is 6.83. The van der Waals surface area contributed by atoms with Crippen molar-refractivity contribution in [3.63, 3.8) is 0 Å². The SMILES string of the molecule is O=C1Cc2cc(F)ccc2N1Cc1ccc(Cl)cc1Cl. The van der Waals surface area contributed by atoms with Crippen molar-refractivity contribution in [2.24, 2.45) is 0 Å². The van der Waals surface area contributed by atoms with E-state index in [9.17, 15) is 9.18 Å². The number of hydrogen-bond donors (Lipinski definition) is 0. The summed E-state index contributed by atoms with van der Waals surface area (Å²) in [5, 5.41) is 1.06. The number of amides is 1. The van der Waals surface area contributed by atoms with Crippen LogP contribution < -0.4 is 4.90 Å². The minimum atomic E-state index is -0.331. The van der Waals surface area contributed by atoms with E-state index in [1.54, 1.807) is 29.2 Å². The van der Waals surface area contributed by atoms with Crippen molar-refractivity contribution < 1.29 is 9.18 Å². The van der Waals surface area contributed by atoms with Gasteiger partial charge >= 0.3 is 0 Å². The Morgan fingerprint density at radius 2 is 1.95 bits per heavy atom. The van der Waals surface area contributed by atoms with E-state index >= 15 is 0 Å². The molecule has 0 saturated heterocycles. The minimum Gasteiger partial charge on any atom is -0.307 e. The van der Waals surface area contributed by atoms with Crippen molar-refractivity contribution in [2.45, 2.75) is 13.0 Å². The molecule has 0 unspecified atom stereocenters. The molecule has 0 N–H and O–H groups in total. The van der Waals surface area contributed by atoms with Gasteiger partial charge in [0.15, 0.2) is 0 Å². The van der Waals surface area contributed by atoms with Crippen LogP contribution in [0.1, 0.15) is 11.1 Å². The van der Waals surface area contributed by atoms with Crippen LogP contribution in [0.4, 0.5) is 10.1 Å². The molecule has 0 spiro atoms. The summed E-state index contributed by atoms with van der Waals surface area (Å²) < 4.78 is 13.2. The third kappa shape index (κ3) is 2.39. The second-order valence-corrected chi connectivity index (χ2v) is 5.51. The second-order valence-electron chi connectivity index (χ2n) is 4.67. The van der Waals surface area contributed by atoms with Crippen LogP contribution in [0.3, 0.4) is 0 Å². The molecule has 20 heavy (non-hydrogen) atoms. The lowest BCUT2D eigenvalue weighted by molar-refractivity contribution is -0.117. The Balaban J connectivity index is 1.94. The lowest BCUT2D eigenvalue weighted by Gasteiger charge is -2.18. The average Bonchev–Trinajstić information content (AvgIpc) is 2.68. The average molecular weight is 310 g/mol. The molecule has 2 aromatic carbocycles. The van der Waals surface area contributed by atoms with Crippen molar-refractivity contribution >= 4 is 34.8 Å². The second kappa shape index (κ2) is 5.08. The number of carbonyl (C=O) groups excluding carboxylic acids is 1. The fourth-order valence-electron chi connectivity index (χ4n) is 2.35. The monoisotopic (exact) mass is 309 g/mol. The number of hydrogen-bond acceptors (Lipinski definition) is 1. The molecule has 0 fully saturated rings. The molecule has 1 amide bonds. The first-order valence-electron chi connectivity index (χ1n) is 6.07. The number of fused-ring (bicyclic) bond motifs is 1. The summed E-state index contributed by atoms with van der Waals surface area (Å²) in [7, 11) is 0. The Bertz CT molecular complexity index is 702. The summed E-state index contributed by atoms with van der Waals surface area (Å²) in [6.07, 6.45) is 0.221. The summed E-state index contributed by atoms with van der Waals surface area (Å²) in [5.41, 5.74) is 2.25. The standard InChI is InChI=1S/C15H10Cl2FNO/c16-11-2-1-9(13(17)7-11)8-19-14-4-3-12(18)5-10(14)6-15(19)20/h1-5,7H,6,8H2. The van der Waals surface area contributed by atoms with E-state index in [0.717, 1.165) is 11.3 Å². The molecule has 2 nitrogen and oxygen atoms in total. The summed E-state index contributed by atoms with van der Waals surface area (Å²) >= 11 is 12.0. The predicted molar refractivity (Wildman–Crippen MR) is 77.8 cm³/mol. The predicted octanol–water partition coefficient (Wildman–Crippen LogP) is 4.22. The van der Waals surface area contributed by atoms with Gasteiger partial charge < -0.3 is 4.90 Å². The Labute approximate surface area is 125 Å². The van der Waals surface area contributed by atoms with Crippen LogP contribution in [0.25, 0.3) is 0 Å². The molecule has 0 saturated carbocycles. The van der Waals surface area contributed by atoms with Crippen molar-refractivity contribution in [1.29, 1.82) is 0 Å². The Morgan fingerprint density at radius 3 is 2.70 bits per heavy atom. The van der Waals surface area contributed by atoms with Gasteiger partial charge in [-0.05, 0) is 41.5 Å². The minimum absolute atomic E-state index is 0.0587. The van der Waals surface area contributed by atoms with E-state index in [4.69, 9.17) is 23.2 Å². The quantitative estimate of drug-likeness (QED) is 0.813. The molecule has 3 rings (SSSR count). The van der Waals surface area contributed by atoms with Crippen molar-refractivity contribution in [3.8, 4) is 0 Å². The summed E-state index contributed by atoms with van der Waals surface area (Å²) in [5.74, 6) is -0.389. The Morgan fingerprint density at radius 1 is 1.15 bits per heavy atom. The van der Waals surface area contributed by atoms with Crippen LogP contribution in [0.15, 0.2) is 36.4 Å². The molecular formula is C15H10Cl2FNO. The zero-order valence-corrected chi connectivity index (χ0v) is 11.9. The zero-order valence-electron chi connectivity index (χ0n) is 10.4. The third-order valence-corrected chi connectivity index (χ3v) is 3.91. The number of benzene rings is 2. The number of carbonyl (C=O) groups is 1. The maximum atomic E-state index is 13.2. The van der Waals surface area contributed by atoms with E-state index < -0.39 is 0 Å². The molecule has 1 aliphatic heterocycles. The molecule has 1 heterocycles. The van der Waals surface area contributed by atoms with E-state index in [1.807, 2.05) is 0 Å². The Kier molecular flexibility index (Phi) is 3.40. The third-order valence-electron chi connectivity index (χ3n) is 3.32. The number of nitrogens with zero attached hydrogens (tertiary/aromatic N) is 1. The molecule has 102 valence electrons. The maximum Gasteiger partial charge on any atom is 0.231 e. The van der Waals surface area contributed by atoms with Crippen molar-refractivity contribution in [1.82, 2.24) is 0 Å². The first kappa shape index (κ1) is 13.4. The van der Waals surface area contributed by atoms with Gasteiger partial charge in [0.2, 0.25) is 5.91 Å². The van der Waals surface area contributed by atoms with Gasteiger partial charge in [0.1, 0.15) is 5.82 Å². The zero-order chi connectivity index (χ0) is 14.3. The van der Waals surface area contributed by atoms with Crippen LogP contribution in [-0.4, -0.2) is 5.91 Å². The maximum absolute atomic E-state index is 13.2. The summed E-state index contributed by atoms with van der Waals surface area (Å²) in [4.78, 5) is 13.7. The first-order chi connectivity index (χ1) is 9.54. The fraction of sp³-hybridized carbons (Fsp3) is 0.133. The van der Waals surface area contributed by atoms with Gasteiger partial charge in [-0.1, -0.05) is 29.3 Å². The lowest BCUT2D eigenvalue weighted by Crippen LogP contribution is -2.26. The highest BCUT2D eigenvalue weighted by atomic mass is 35.5. The molecule has 0 bridgehead atoms. The molecule has 0 atom stereocenters. The van der Waals surface area contributed by atoms with Crippen LogP contribution in [0, 0.1) is 5.82 Å². The van der Waals surface area contributed by atoms with E-state index in [0.29, 0.717) is 22.2 Å². The lowest BCUT2D eigenvalue weighted by atomic mass is 10.1.